The third-order valence-corrected chi connectivity index (χ3v) is 1.01. The van der Waals surface area contributed by atoms with Crippen LogP contribution in [0.15, 0.2) is 4.99 Å². The van der Waals surface area contributed by atoms with Crippen molar-refractivity contribution in [2.45, 2.75) is 20.8 Å². The van der Waals surface area contributed by atoms with E-state index in [9.17, 15) is 0 Å². The Morgan fingerprint density at radius 3 is 1.75 bits per heavy atom. The lowest BCUT2D eigenvalue weighted by molar-refractivity contribution is 0.584. The molecule has 0 aliphatic carbocycles. The fourth-order valence-corrected chi connectivity index (χ4v) is 0.335. The van der Waals surface area contributed by atoms with E-state index in [1.807, 2.05) is 20.8 Å². The molecular weight excluding hydrogens is 100 g/mol. The predicted octanol–water partition coefficient (Wildman–Crippen LogP) is 1.02. The number of nitrogens with zero attached hydrogens (tertiary/aromatic N) is 1. The van der Waals surface area contributed by atoms with Crippen molar-refractivity contribution in [2.75, 3.05) is 7.05 Å². The molecule has 0 aromatic rings. The number of hydrogen-bond donors (Lipinski definition) is 1. The van der Waals surface area contributed by atoms with Gasteiger partial charge in [-0.05, 0) is 0 Å². The summed E-state index contributed by atoms with van der Waals surface area (Å²) in [5.41, 5.74) is 5.54. The van der Waals surface area contributed by atoms with E-state index in [-0.39, 0.29) is 5.41 Å². The Morgan fingerprint density at radius 1 is 1.38 bits per heavy atom. The number of aliphatic imine (C=N–C) groups is 1. The number of amidine groups is 1. The summed E-state index contributed by atoms with van der Waals surface area (Å²) in [5.74, 6) is 0.706. The maximum Gasteiger partial charge on any atom is 0.0987 e. The van der Waals surface area contributed by atoms with Crippen LogP contribution in [-0.4, -0.2) is 12.9 Å². The fourth-order valence-electron chi connectivity index (χ4n) is 0.335. The molecule has 0 rings (SSSR count). The Morgan fingerprint density at radius 2 is 1.75 bits per heavy atom. The summed E-state index contributed by atoms with van der Waals surface area (Å²) in [6.07, 6.45) is 0. The summed E-state index contributed by atoms with van der Waals surface area (Å²) in [6.45, 7) is 6.11. The lowest BCUT2D eigenvalue weighted by Crippen LogP contribution is -2.28. The van der Waals surface area contributed by atoms with Crippen LogP contribution in [0.4, 0.5) is 0 Å². The molecule has 0 amide bonds. The van der Waals surface area contributed by atoms with Gasteiger partial charge in [0, 0.05) is 12.5 Å². The van der Waals surface area contributed by atoms with Crippen LogP contribution in [0.3, 0.4) is 0 Å². The third kappa shape index (κ3) is 1.96. The Bertz CT molecular complexity index is 97.6. The molecule has 0 atom stereocenters. The molecule has 0 unspecified atom stereocenters. The monoisotopic (exact) mass is 114 g/mol. The standard InChI is InChI=1S/C6H14N2/c1-6(2,3)5(7)8-4/h1-4H3,(H2,7,8). The highest BCUT2D eigenvalue weighted by Crippen LogP contribution is 2.11. The van der Waals surface area contributed by atoms with Crippen LogP contribution in [0.5, 0.6) is 0 Å². The second-order valence-corrected chi connectivity index (χ2v) is 2.86. The Balaban J connectivity index is 4.03. The molecular formula is C6H14N2. The van der Waals surface area contributed by atoms with Crippen LogP contribution < -0.4 is 5.73 Å². The van der Waals surface area contributed by atoms with Crippen molar-refractivity contribution in [1.29, 1.82) is 0 Å². The van der Waals surface area contributed by atoms with Gasteiger partial charge in [-0.15, -0.1) is 0 Å². The van der Waals surface area contributed by atoms with Gasteiger partial charge in [0.05, 0.1) is 5.84 Å². The Kier molecular flexibility index (Phi) is 2.02. The molecule has 2 N–H and O–H groups in total. The van der Waals surface area contributed by atoms with Gasteiger partial charge in [-0.3, -0.25) is 4.99 Å². The predicted molar refractivity (Wildman–Crippen MR) is 37.0 cm³/mol. The van der Waals surface area contributed by atoms with Crippen LogP contribution in [0.25, 0.3) is 0 Å². The van der Waals surface area contributed by atoms with Crippen LogP contribution in [0.2, 0.25) is 0 Å². The van der Waals surface area contributed by atoms with Crippen LogP contribution in [0.1, 0.15) is 20.8 Å². The van der Waals surface area contributed by atoms with Gasteiger partial charge >= 0.3 is 0 Å². The van der Waals surface area contributed by atoms with E-state index in [2.05, 4.69) is 4.99 Å². The molecule has 0 saturated carbocycles. The smallest absolute Gasteiger partial charge is 0.0987 e. The third-order valence-electron chi connectivity index (χ3n) is 1.01. The molecule has 0 radical (unpaired) electrons. The first-order chi connectivity index (χ1) is 3.48. The Hall–Kier alpha value is -0.530. The lowest BCUT2D eigenvalue weighted by Gasteiger charge is -2.15. The molecule has 0 aromatic carbocycles. The van der Waals surface area contributed by atoms with E-state index in [4.69, 9.17) is 5.73 Å². The van der Waals surface area contributed by atoms with Crippen molar-refractivity contribution in [1.82, 2.24) is 0 Å². The summed E-state index contributed by atoms with van der Waals surface area (Å²) < 4.78 is 0. The number of hydrogen-bond acceptors (Lipinski definition) is 1. The summed E-state index contributed by atoms with van der Waals surface area (Å²) >= 11 is 0. The van der Waals surface area contributed by atoms with E-state index in [0.717, 1.165) is 0 Å². The summed E-state index contributed by atoms with van der Waals surface area (Å²) in [4.78, 5) is 3.85. The van der Waals surface area contributed by atoms with Gasteiger partial charge in [0.15, 0.2) is 0 Å². The minimum atomic E-state index is 0.0365. The zero-order chi connectivity index (χ0) is 6.78. The highest BCUT2D eigenvalue weighted by Gasteiger charge is 2.13. The molecule has 0 fully saturated rings. The topological polar surface area (TPSA) is 38.4 Å². The largest absolute Gasteiger partial charge is 0.387 e. The summed E-state index contributed by atoms with van der Waals surface area (Å²) in [7, 11) is 1.71. The van der Waals surface area contributed by atoms with Gasteiger partial charge in [0.1, 0.15) is 0 Å². The normalized spacial score (nSPS) is 14.2. The highest BCUT2D eigenvalue weighted by atomic mass is 14.8. The number of rotatable bonds is 0. The van der Waals surface area contributed by atoms with Gasteiger partial charge in [-0.2, -0.15) is 0 Å². The zero-order valence-electron chi connectivity index (χ0n) is 6.02. The first kappa shape index (κ1) is 7.47. The average molecular weight is 114 g/mol. The van der Waals surface area contributed by atoms with Crippen molar-refractivity contribution in [3.63, 3.8) is 0 Å². The summed E-state index contributed by atoms with van der Waals surface area (Å²) in [5, 5.41) is 0. The first-order valence-corrected chi connectivity index (χ1v) is 2.71. The van der Waals surface area contributed by atoms with E-state index >= 15 is 0 Å². The average Bonchev–Trinajstić information content (AvgIpc) is 1.62. The van der Waals surface area contributed by atoms with Gasteiger partial charge in [0.2, 0.25) is 0 Å². The zero-order valence-corrected chi connectivity index (χ0v) is 6.02. The summed E-state index contributed by atoms with van der Waals surface area (Å²) in [6, 6.07) is 0. The second kappa shape index (κ2) is 2.16. The lowest BCUT2D eigenvalue weighted by atomic mass is 9.96. The van der Waals surface area contributed by atoms with Gasteiger partial charge in [-0.25, -0.2) is 0 Å². The van der Waals surface area contributed by atoms with Crippen molar-refractivity contribution < 1.29 is 0 Å². The second-order valence-electron chi connectivity index (χ2n) is 2.86. The molecule has 2 nitrogen and oxygen atoms in total. The fraction of sp³-hybridized carbons (Fsp3) is 0.833. The number of nitrogens with two attached hydrogens (primary N) is 1. The molecule has 0 bridgehead atoms. The molecule has 0 aliphatic heterocycles. The molecule has 0 aromatic heterocycles. The van der Waals surface area contributed by atoms with E-state index in [1.165, 1.54) is 0 Å². The minimum Gasteiger partial charge on any atom is -0.387 e. The van der Waals surface area contributed by atoms with Crippen molar-refractivity contribution in [3.8, 4) is 0 Å². The maximum absolute atomic E-state index is 5.50. The van der Waals surface area contributed by atoms with E-state index in [1.54, 1.807) is 7.05 Å². The quantitative estimate of drug-likeness (QED) is 0.370. The first-order valence-electron chi connectivity index (χ1n) is 2.71. The maximum atomic E-state index is 5.50. The van der Waals surface area contributed by atoms with Gasteiger partial charge < -0.3 is 5.73 Å². The van der Waals surface area contributed by atoms with Gasteiger partial charge in [-0.1, -0.05) is 20.8 Å². The molecule has 8 heavy (non-hydrogen) atoms. The van der Waals surface area contributed by atoms with Crippen LogP contribution >= 0.6 is 0 Å². The van der Waals surface area contributed by atoms with Crippen molar-refractivity contribution >= 4 is 5.84 Å². The molecule has 0 spiro atoms. The minimum absolute atomic E-state index is 0.0365. The van der Waals surface area contributed by atoms with Crippen LogP contribution in [-0.2, 0) is 0 Å². The molecule has 0 aliphatic rings. The van der Waals surface area contributed by atoms with Crippen LogP contribution in [0, 0.1) is 5.41 Å². The Labute approximate surface area is 50.8 Å². The SMILES string of the molecule is C/N=C(/N)C(C)(C)C. The molecule has 2 heteroatoms. The van der Waals surface area contributed by atoms with E-state index in [0.29, 0.717) is 5.84 Å². The highest BCUT2D eigenvalue weighted by molar-refractivity contribution is 5.85. The molecule has 0 heterocycles. The van der Waals surface area contributed by atoms with E-state index < -0.39 is 0 Å². The van der Waals surface area contributed by atoms with Crippen molar-refractivity contribution in [3.05, 3.63) is 0 Å². The van der Waals surface area contributed by atoms with Crippen molar-refractivity contribution in [2.24, 2.45) is 16.1 Å². The molecule has 0 saturated heterocycles. The molecule has 48 valence electrons. The van der Waals surface area contributed by atoms with Gasteiger partial charge in [0.25, 0.3) is 0 Å².